The van der Waals surface area contributed by atoms with Crippen LogP contribution in [-0.2, 0) is 37.3 Å². The lowest BCUT2D eigenvalue weighted by molar-refractivity contribution is -0.156. The van der Waals surface area contributed by atoms with Crippen molar-refractivity contribution in [2.45, 2.75) is 30.7 Å². The first kappa shape index (κ1) is 22.3. The molecule has 2 aliphatic heterocycles. The second kappa shape index (κ2) is 9.28. The summed E-state index contributed by atoms with van der Waals surface area (Å²) in [4.78, 5) is 28.2. The van der Waals surface area contributed by atoms with Crippen molar-refractivity contribution in [3.63, 3.8) is 0 Å². The summed E-state index contributed by atoms with van der Waals surface area (Å²) in [5, 5.41) is 2.47. The van der Waals surface area contributed by atoms with Crippen LogP contribution in [0.3, 0.4) is 0 Å². The Bertz CT molecular complexity index is 1070. The van der Waals surface area contributed by atoms with Gasteiger partial charge in [0.2, 0.25) is 10.0 Å². The van der Waals surface area contributed by atoms with Crippen molar-refractivity contribution in [3.05, 3.63) is 51.2 Å². The standard InChI is InChI=1S/C21H23ClN2O5S2/c22-17-3-5-18(6-4-17)31(27,28)24-9-1-2-16(13-24)21(26)29-14-20(25)23-10-7-19-15(12-23)8-11-30-19/h3-6,8,11,16H,1-2,7,9-10,12-14H2. The van der Waals surface area contributed by atoms with Crippen LogP contribution >= 0.6 is 22.9 Å². The molecular formula is C21H23ClN2O5S2. The number of carbonyl (C=O) groups excluding carboxylic acids is 2. The van der Waals surface area contributed by atoms with Crippen LogP contribution in [0, 0.1) is 5.92 Å². The Morgan fingerprint density at radius 2 is 1.94 bits per heavy atom. The smallest absolute Gasteiger partial charge is 0.310 e. The molecule has 2 aromatic rings. The Kier molecular flexibility index (Phi) is 6.66. The molecule has 0 N–H and O–H groups in total. The van der Waals surface area contributed by atoms with E-state index in [2.05, 4.69) is 0 Å². The van der Waals surface area contributed by atoms with E-state index in [9.17, 15) is 18.0 Å². The van der Waals surface area contributed by atoms with Crippen LogP contribution in [0.25, 0.3) is 0 Å². The number of rotatable bonds is 5. The first-order valence-corrected chi connectivity index (χ1v) is 12.8. The van der Waals surface area contributed by atoms with Gasteiger partial charge in [0.15, 0.2) is 6.61 Å². The molecule has 1 saturated heterocycles. The number of ether oxygens (including phenoxy) is 1. The third-order valence-corrected chi connectivity index (χ3v) is 8.82. The summed E-state index contributed by atoms with van der Waals surface area (Å²) < 4.78 is 32.4. The van der Waals surface area contributed by atoms with Gasteiger partial charge in [0.05, 0.1) is 10.8 Å². The molecule has 31 heavy (non-hydrogen) atoms. The molecule has 0 bridgehead atoms. The molecule has 1 atom stereocenters. The number of carbonyl (C=O) groups is 2. The number of fused-ring (bicyclic) bond motifs is 1. The zero-order chi connectivity index (χ0) is 22.0. The molecule has 1 aromatic heterocycles. The van der Waals surface area contributed by atoms with Crippen LogP contribution < -0.4 is 0 Å². The fraction of sp³-hybridized carbons (Fsp3) is 0.429. The van der Waals surface area contributed by atoms with Gasteiger partial charge in [-0.1, -0.05) is 11.6 Å². The van der Waals surface area contributed by atoms with Crippen LogP contribution in [0.2, 0.25) is 5.02 Å². The van der Waals surface area contributed by atoms with Gasteiger partial charge in [0, 0.05) is 36.1 Å². The average molecular weight is 483 g/mol. The summed E-state index contributed by atoms with van der Waals surface area (Å²) >= 11 is 7.54. The number of thiophene rings is 1. The molecule has 0 spiro atoms. The third kappa shape index (κ3) is 4.95. The highest BCUT2D eigenvalue weighted by Crippen LogP contribution is 2.26. The van der Waals surface area contributed by atoms with Gasteiger partial charge in [0.25, 0.3) is 5.91 Å². The van der Waals surface area contributed by atoms with Crippen molar-refractivity contribution in [2.24, 2.45) is 5.92 Å². The number of piperidine rings is 1. The third-order valence-electron chi connectivity index (χ3n) is 5.67. The first-order valence-electron chi connectivity index (χ1n) is 10.1. The molecule has 166 valence electrons. The zero-order valence-corrected chi connectivity index (χ0v) is 19.2. The number of sulfonamides is 1. The Labute approximate surface area is 190 Å². The Balaban J connectivity index is 1.32. The number of hydrogen-bond acceptors (Lipinski definition) is 6. The Morgan fingerprint density at radius 1 is 1.16 bits per heavy atom. The molecule has 10 heteroatoms. The molecule has 1 aromatic carbocycles. The molecule has 0 saturated carbocycles. The van der Waals surface area contributed by atoms with E-state index in [0.717, 1.165) is 12.0 Å². The van der Waals surface area contributed by atoms with Crippen LogP contribution in [0.15, 0.2) is 40.6 Å². The quantitative estimate of drug-likeness (QED) is 0.612. The number of benzene rings is 1. The van der Waals surface area contributed by atoms with E-state index in [1.165, 1.54) is 33.4 Å². The van der Waals surface area contributed by atoms with Gasteiger partial charge in [-0.05, 0) is 60.5 Å². The van der Waals surface area contributed by atoms with Gasteiger partial charge < -0.3 is 9.64 Å². The minimum atomic E-state index is -3.72. The van der Waals surface area contributed by atoms with E-state index in [0.29, 0.717) is 37.5 Å². The number of nitrogens with zero attached hydrogens (tertiary/aromatic N) is 2. The number of halogens is 1. The molecule has 0 radical (unpaired) electrons. The summed E-state index contributed by atoms with van der Waals surface area (Å²) in [6.07, 6.45) is 1.89. The van der Waals surface area contributed by atoms with E-state index in [4.69, 9.17) is 16.3 Å². The van der Waals surface area contributed by atoms with E-state index >= 15 is 0 Å². The molecule has 4 rings (SSSR count). The van der Waals surface area contributed by atoms with Crippen molar-refractivity contribution in [1.82, 2.24) is 9.21 Å². The Morgan fingerprint density at radius 3 is 2.71 bits per heavy atom. The van der Waals surface area contributed by atoms with Gasteiger partial charge in [-0.3, -0.25) is 9.59 Å². The van der Waals surface area contributed by atoms with Crippen LogP contribution in [0.5, 0.6) is 0 Å². The predicted molar refractivity (Wildman–Crippen MR) is 117 cm³/mol. The van der Waals surface area contributed by atoms with Gasteiger partial charge in [-0.2, -0.15) is 4.31 Å². The molecule has 1 unspecified atom stereocenters. The first-order chi connectivity index (χ1) is 14.8. The summed E-state index contributed by atoms with van der Waals surface area (Å²) in [5.74, 6) is -1.35. The lowest BCUT2D eigenvalue weighted by Crippen LogP contribution is -2.43. The minimum absolute atomic E-state index is 0.0416. The van der Waals surface area contributed by atoms with Crippen LogP contribution in [0.1, 0.15) is 23.3 Å². The number of amides is 1. The van der Waals surface area contributed by atoms with Crippen molar-refractivity contribution in [1.29, 1.82) is 0 Å². The topological polar surface area (TPSA) is 84.0 Å². The summed E-state index contributed by atoms with van der Waals surface area (Å²) in [5.41, 5.74) is 1.14. The second-order valence-corrected chi connectivity index (χ2v) is 11.1. The highest BCUT2D eigenvalue weighted by Gasteiger charge is 2.34. The molecule has 0 aliphatic carbocycles. The molecule has 3 heterocycles. The largest absolute Gasteiger partial charge is 0.455 e. The van der Waals surface area contributed by atoms with E-state index in [-0.39, 0.29) is 24.0 Å². The minimum Gasteiger partial charge on any atom is -0.455 e. The summed E-state index contributed by atoms with van der Waals surface area (Å²) in [6, 6.07) is 7.97. The van der Waals surface area contributed by atoms with Gasteiger partial charge >= 0.3 is 5.97 Å². The van der Waals surface area contributed by atoms with Crippen molar-refractivity contribution >= 4 is 44.8 Å². The maximum atomic E-state index is 12.9. The molecule has 1 amide bonds. The average Bonchev–Trinajstić information content (AvgIpc) is 3.25. The highest BCUT2D eigenvalue weighted by molar-refractivity contribution is 7.89. The fourth-order valence-electron chi connectivity index (χ4n) is 3.91. The molecule has 1 fully saturated rings. The van der Waals surface area contributed by atoms with Gasteiger partial charge in [0.1, 0.15) is 0 Å². The fourth-order valence-corrected chi connectivity index (χ4v) is 6.45. The number of esters is 1. The molecule has 2 aliphatic rings. The van der Waals surface area contributed by atoms with Crippen molar-refractivity contribution in [3.8, 4) is 0 Å². The van der Waals surface area contributed by atoms with Gasteiger partial charge in [-0.25, -0.2) is 8.42 Å². The lowest BCUT2D eigenvalue weighted by Gasteiger charge is -2.31. The monoisotopic (exact) mass is 482 g/mol. The SMILES string of the molecule is O=C(OCC(=O)N1CCc2sccc2C1)C1CCCN(S(=O)(=O)c2ccc(Cl)cc2)C1. The van der Waals surface area contributed by atoms with Gasteiger partial charge in [-0.15, -0.1) is 11.3 Å². The maximum absolute atomic E-state index is 12.9. The van der Waals surface area contributed by atoms with Crippen LogP contribution in [-0.4, -0.2) is 55.7 Å². The lowest BCUT2D eigenvalue weighted by atomic mass is 10.00. The predicted octanol–water partition coefficient (Wildman–Crippen LogP) is 2.93. The van der Waals surface area contributed by atoms with Crippen LogP contribution in [0.4, 0.5) is 0 Å². The number of hydrogen-bond donors (Lipinski definition) is 0. The zero-order valence-electron chi connectivity index (χ0n) is 16.8. The van der Waals surface area contributed by atoms with E-state index < -0.39 is 21.9 Å². The normalized spacial score (nSPS) is 19.6. The van der Waals surface area contributed by atoms with Crippen molar-refractivity contribution < 1.29 is 22.7 Å². The molecule has 7 nitrogen and oxygen atoms in total. The van der Waals surface area contributed by atoms with E-state index in [1.54, 1.807) is 16.2 Å². The summed E-state index contributed by atoms with van der Waals surface area (Å²) in [7, 11) is -3.72. The summed E-state index contributed by atoms with van der Waals surface area (Å²) in [6.45, 7) is 1.20. The highest BCUT2D eigenvalue weighted by atomic mass is 35.5. The van der Waals surface area contributed by atoms with E-state index in [1.807, 2.05) is 11.4 Å². The maximum Gasteiger partial charge on any atom is 0.310 e. The Hall–Kier alpha value is -1.94. The van der Waals surface area contributed by atoms with Crippen molar-refractivity contribution in [2.75, 3.05) is 26.2 Å². The second-order valence-electron chi connectivity index (χ2n) is 7.70. The molecular weight excluding hydrogens is 460 g/mol.